The van der Waals surface area contributed by atoms with Gasteiger partial charge in [0.2, 0.25) is 0 Å². The van der Waals surface area contributed by atoms with E-state index in [1.807, 2.05) is 43.3 Å². The van der Waals surface area contributed by atoms with Gasteiger partial charge in [0.15, 0.2) is 11.2 Å². The number of nitrogens with zero attached hydrogens (tertiary/aromatic N) is 5. The van der Waals surface area contributed by atoms with E-state index >= 15 is 0 Å². The van der Waals surface area contributed by atoms with Crippen molar-refractivity contribution in [1.82, 2.24) is 19.9 Å². The maximum Gasteiger partial charge on any atom is 0.371 e. The van der Waals surface area contributed by atoms with Gasteiger partial charge in [-0.05, 0) is 110 Å². The minimum Gasteiger partial charge on any atom is -0.370 e. The van der Waals surface area contributed by atoms with Crippen molar-refractivity contribution >= 4 is 22.7 Å². The van der Waals surface area contributed by atoms with Crippen molar-refractivity contribution in [2.24, 2.45) is 0 Å². The lowest BCUT2D eigenvalue weighted by Crippen LogP contribution is -2.51. The Balaban J connectivity index is 1.02. The summed E-state index contributed by atoms with van der Waals surface area (Å²) in [7, 11) is 0. The molecule has 41 heavy (non-hydrogen) atoms. The summed E-state index contributed by atoms with van der Waals surface area (Å²) >= 11 is 0. The van der Waals surface area contributed by atoms with E-state index < -0.39 is 0 Å². The molecule has 0 spiro atoms. The van der Waals surface area contributed by atoms with Gasteiger partial charge in [-0.15, -0.1) is 0 Å². The van der Waals surface area contributed by atoms with Crippen LogP contribution in [0.3, 0.4) is 0 Å². The van der Waals surface area contributed by atoms with Crippen LogP contribution in [0, 0.1) is 6.92 Å². The number of fused-ring (bicyclic) bond motifs is 2. The van der Waals surface area contributed by atoms with E-state index in [1.165, 1.54) is 30.5 Å². The van der Waals surface area contributed by atoms with Crippen LogP contribution in [0.25, 0.3) is 22.3 Å². The highest BCUT2D eigenvalue weighted by atomic mass is 16.7. The standard InChI is InChI=1S/C33H39N6O2/c1-24-29-12-2-3-13-30(29)37-33(26-10-6-19-34-23-26)39(24)41-31(40)14-8-22-38(28-17-18-28)21-5-4-11-27-16-15-25-9-7-20-35-32(25)36-27/h2-3,6,10,12-13,15-16,19,23,28H,4-5,7-9,11,14,17-18,20-22H2,1H3,(H,35,36)/q+1. The number of pyridine rings is 2. The summed E-state index contributed by atoms with van der Waals surface area (Å²) in [4.78, 5) is 35.5. The fourth-order valence-electron chi connectivity index (χ4n) is 5.71. The first kappa shape index (κ1) is 27.3. The Kier molecular flexibility index (Phi) is 8.46. The molecule has 0 radical (unpaired) electrons. The average Bonchev–Trinajstić information content (AvgIpc) is 3.86. The Morgan fingerprint density at radius 1 is 1.05 bits per heavy atom. The molecule has 1 aromatic carbocycles. The molecule has 3 aromatic heterocycles. The lowest BCUT2D eigenvalue weighted by molar-refractivity contribution is -0.865. The Morgan fingerprint density at radius 2 is 1.93 bits per heavy atom. The number of para-hydroxylation sites is 1. The third-order valence-corrected chi connectivity index (χ3v) is 8.10. The third-order valence-electron chi connectivity index (χ3n) is 8.10. The molecule has 1 saturated carbocycles. The van der Waals surface area contributed by atoms with E-state index in [0.29, 0.717) is 18.3 Å². The predicted molar refractivity (Wildman–Crippen MR) is 159 cm³/mol. The van der Waals surface area contributed by atoms with Gasteiger partial charge in [0.1, 0.15) is 5.82 Å². The zero-order chi connectivity index (χ0) is 28.0. The van der Waals surface area contributed by atoms with E-state index in [0.717, 1.165) is 79.7 Å². The Bertz CT molecular complexity index is 1500. The van der Waals surface area contributed by atoms with E-state index in [9.17, 15) is 4.79 Å². The number of rotatable bonds is 12. The average molecular weight is 552 g/mol. The molecule has 0 bridgehead atoms. The summed E-state index contributed by atoms with van der Waals surface area (Å²) in [5.74, 6) is 1.41. The molecular weight excluding hydrogens is 512 g/mol. The second-order valence-corrected chi connectivity index (χ2v) is 11.2. The van der Waals surface area contributed by atoms with Gasteiger partial charge in [-0.25, -0.2) is 9.78 Å². The first-order valence-corrected chi connectivity index (χ1v) is 15.1. The summed E-state index contributed by atoms with van der Waals surface area (Å²) in [6.07, 6.45) is 12.7. The summed E-state index contributed by atoms with van der Waals surface area (Å²) < 4.78 is 1.57. The zero-order valence-electron chi connectivity index (χ0n) is 23.9. The third kappa shape index (κ3) is 6.70. The Labute approximate surface area is 241 Å². The summed E-state index contributed by atoms with van der Waals surface area (Å²) in [6, 6.07) is 16.8. The number of nitrogens with one attached hydrogen (secondary N) is 1. The molecule has 0 saturated heterocycles. The van der Waals surface area contributed by atoms with Crippen LogP contribution >= 0.6 is 0 Å². The minimum atomic E-state index is -0.247. The number of carbonyl (C=O) groups excluding carboxylic acids is 1. The Morgan fingerprint density at radius 3 is 2.78 bits per heavy atom. The number of unbranched alkanes of at least 4 members (excludes halogenated alkanes) is 1. The molecule has 6 rings (SSSR count). The molecule has 212 valence electrons. The van der Waals surface area contributed by atoms with Gasteiger partial charge in [0.05, 0.1) is 17.4 Å². The number of benzene rings is 1. The molecule has 2 aliphatic rings. The highest BCUT2D eigenvalue weighted by molar-refractivity contribution is 5.81. The van der Waals surface area contributed by atoms with Crippen LogP contribution < -0.4 is 14.9 Å². The second kappa shape index (κ2) is 12.7. The fraction of sp³-hybridized carbons (Fsp3) is 0.424. The van der Waals surface area contributed by atoms with Crippen molar-refractivity contribution in [3.8, 4) is 11.4 Å². The monoisotopic (exact) mass is 551 g/mol. The Hall–Kier alpha value is -3.91. The highest BCUT2D eigenvalue weighted by Gasteiger charge is 2.29. The van der Waals surface area contributed by atoms with Gasteiger partial charge in [-0.2, -0.15) is 0 Å². The van der Waals surface area contributed by atoms with Crippen LogP contribution in [0.4, 0.5) is 5.82 Å². The molecule has 4 heterocycles. The highest BCUT2D eigenvalue weighted by Crippen LogP contribution is 2.28. The number of hydrogen-bond donors (Lipinski definition) is 1. The second-order valence-electron chi connectivity index (χ2n) is 11.2. The summed E-state index contributed by atoms with van der Waals surface area (Å²) in [5, 5.41) is 4.39. The van der Waals surface area contributed by atoms with Gasteiger partial charge in [-0.1, -0.05) is 18.2 Å². The summed E-state index contributed by atoms with van der Waals surface area (Å²) in [5.41, 5.74) is 5.02. The van der Waals surface area contributed by atoms with E-state index in [4.69, 9.17) is 14.8 Å². The molecule has 4 aromatic rings. The quantitative estimate of drug-likeness (QED) is 0.199. The van der Waals surface area contributed by atoms with Crippen molar-refractivity contribution in [3.63, 3.8) is 0 Å². The van der Waals surface area contributed by atoms with Gasteiger partial charge < -0.3 is 10.2 Å². The normalized spacial score (nSPS) is 14.6. The van der Waals surface area contributed by atoms with Gasteiger partial charge in [0, 0.05) is 37.6 Å². The molecule has 1 aliphatic carbocycles. The fourth-order valence-corrected chi connectivity index (χ4v) is 5.71. The maximum absolute atomic E-state index is 13.1. The number of anilines is 1. The van der Waals surface area contributed by atoms with Crippen LogP contribution in [0.1, 0.15) is 61.9 Å². The first-order valence-electron chi connectivity index (χ1n) is 15.1. The van der Waals surface area contributed by atoms with E-state index in [2.05, 4.69) is 27.3 Å². The van der Waals surface area contributed by atoms with Crippen LogP contribution in [0.2, 0.25) is 0 Å². The predicted octanol–water partition coefficient (Wildman–Crippen LogP) is 4.87. The van der Waals surface area contributed by atoms with Gasteiger partial charge in [-0.3, -0.25) is 9.82 Å². The lowest BCUT2D eigenvalue weighted by atomic mass is 10.1. The van der Waals surface area contributed by atoms with E-state index in [1.54, 1.807) is 17.1 Å². The minimum absolute atomic E-state index is 0.247. The van der Waals surface area contributed by atoms with Crippen molar-refractivity contribution in [2.75, 3.05) is 25.0 Å². The topological polar surface area (TPSA) is 84.1 Å². The van der Waals surface area contributed by atoms with Crippen LogP contribution in [-0.4, -0.2) is 51.5 Å². The first-order chi connectivity index (χ1) is 20.2. The van der Waals surface area contributed by atoms with Crippen molar-refractivity contribution < 1.29 is 14.4 Å². The molecular formula is C33H39N6O2+. The number of hydrogen-bond acceptors (Lipinski definition) is 7. The summed E-state index contributed by atoms with van der Waals surface area (Å²) in [6.45, 7) is 4.96. The number of aryl methyl sites for hydroxylation is 3. The molecule has 1 aliphatic heterocycles. The molecule has 1 N–H and O–H groups in total. The van der Waals surface area contributed by atoms with Crippen molar-refractivity contribution in [2.45, 2.75) is 70.8 Å². The molecule has 0 unspecified atom stereocenters. The molecule has 0 amide bonds. The molecule has 8 heteroatoms. The maximum atomic E-state index is 13.1. The molecule has 1 fully saturated rings. The largest absolute Gasteiger partial charge is 0.371 e. The van der Waals surface area contributed by atoms with Gasteiger partial charge in [0.25, 0.3) is 0 Å². The lowest BCUT2D eigenvalue weighted by Gasteiger charge is -2.21. The van der Waals surface area contributed by atoms with Crippen LogP contribution in [0.5, 0.6) is 0 Å². The smallest absolute Gasteiger partial charge is 0.370 e. The zero-order valence-corrected chi connectivity index (χ0v) is 23.9. The SMILES string of the molecule is Cc1c2ccccc2nc(-c2cccnc2)[n+]1OC(=O)CCCN(CCCCc1ccc2c(n1)NCCC2)C1CC1. The van der Waals surface area contributed by atoms with Crippen LogP contribution in [0.15, 0.2) is 60.9 Å². The molecule has 8 nitrogen and oxygen atoms in total. The molecule has 0 atom stereocenters. The number of carbonyl (C=O) groups is 1. The van der Waals surface area contributed by atoms with E-state index in [-0.39, 0.29) is 5.97 Å². The van der Waals surface area contributed by atoms with Crippen molar-refractivity contribution in [3.05, 3.63) is 77.9 Å². The van der Waals surface area contributed by atoms with Crippen LogP contribution in [-0.2, 0) is 17.6 Å². The number of aromatic nitrogens is 4. The van der Waals surface area contributed by atoms with Crippen molar-refractivity contribution in [1.29, 1.82) is 0 Å². The van der Waals surface area contributed by atoms with Gasteiger partial charge >= 0.3 is 11.8 Å².